The highest BCUT2D eigenvalue weighted by molar-refractivity contribution is 7.87. The Morgan fingerprint density at radius 3 is 2.43 bits per heavy atom. The number of rotatable bonds is 3. The number of fused-ring (bicyclic) bond motifs is 1. The minimum Gasteiger partial charge on any atom is -0.490 e. The summed E-state index contributed by atoms with van der Waals surface area (Å²) in [5.41, 5.74) is 0. The second-order valence-corrected chi connectivity index (χ2v) is 7.16. The first kappa shape index (κ1) is 16.2. The van der Waals surface area contributed by atoms with E-state index in [2.05, 4.69) is 0 Å². The van der Waals surface area contributed by atoms with Crippen LogP contribution in [0, 0.1) is 0 Å². The van der Waals surface area contributed by atoms with Crippen LogP contribution in [-0.4, -0.2) is 21.6 Å². The predicted octanol–water partition coefficient (Wildman–Crippen LogP) is 3.92. The predicted molar refractivity (Wildman–Crippen MR) is 86.3 cm³/mol. The maximum absolute atomic E-state index is 12.4. The topological polar surface area (TPSA) is 61.8 Å². The van der Waals surface area contributed by atoms with Gasteiger partial charge in [-0.1, -0.05) is 23.2 Å². The normalized spacial score (nSPS) is 14.2. The van der Waals surface area contributed by atoms with Crippen LogP contribution < -0.4 is 13.7 Å². The van der Waals surface area contributed by atoms with Crippen molar-refractivity contribution in [3.8, 4) is 17.2 Å². The molecule has 0 spiro atoms. The summed E-state index contributed by atoms with van der Waals surface area (Å²) in [6.07, 6.45) is 0.730. The second-order valence-electron chi connectivity index (χ2n) is 4.77. The molecule has 0 atom stereocenters. The van der Waals surface area contributed by atoms with Crippen LogP contribution in [0.25, 0.3) is 0 Å². The van der Waals surface area contributed by atoms with Gasteiger partial charge in [0.05, 0.1) is 18.2 Å². The van der Waals surface area contributed by atoms with E-state index in [9.17, 15) is 8.42 Å². The zero-order valence-corrected chi connectivity index (χ0v) is 14.1. The average Bonchev–Trinajstić information content (AvgIpc) is 2.74. The van der Waals surface area contributed by atoms with Gasteiger partial charge in [-0.25, -0.2) is 0 Å². The van der Waals surface area contributed by atoms with Gasteiger partial charge >= 0.3 is 10.1 Å². The lowest BCUT2D eigenvalue weighted by atomic mass is 10.3. The minimum atomic E-state index is -4.06. The average molecular weight is 375 g/mol. The van der Waals surface area contributed by atoms with Crippen molar-refractivity contribution in [1.29, 1.82) is 0 Å². The Hall–Kier alpha value is -1.63. The van der Waals surface area contributed by atoms with Crippen LogP contribution in [0.15, 0.2) is 41.3 Å². The van der Waals surface area contributed by atoms with Crippen molar-refractivity contribution in [2.45, 2.75) is 11.3 Å². The molecule has 23 heavy (non-hydrogen) atoms. The van der Waals surface area contributed by atoms with E-state index in [1.54, 1.807) is 6.07 Å². The van der Waals surface area contributed by atoms with Crippen LogP contribution in [0.5, 0.6) is 17.2 Å². The van der Waals surface area contributed by atoms with Crippen LogP contribution >= 0.6 is 23.2 Å². The van der Waals surface area contributed by atoms with E-state index in [-0.39, 0.29) is 15.7 Å². The summed E-state index contributed by atoms with van der Waals surface area (Å²) in [6, 6.07) is 8.60. The monoisotopic (exact) mass is 374 g/mol. The zero-order valence-electron chi connectivity index (χ0n) is 11.8. The third kappa shape index (κ3) is 3.65. The Labute approximate surface area is 143 Å². The minimum absolute atomic E-state index is 0.00294. The van der Waals surface area contributed by atoms with Crippen molar-refractivity contribution >= 4 is 33.3 Å². The van der Waals surface area contributed by atoms with Gasteiger partial charge in [0, 0.05) is 17.5 Å². The van der Waals surface area contributed by atoms with E-state index in [4.69, 9.17) is 36.9 Å². The van der Waals surface area contributed by atoms with E-state index >= 15 is 0 Å². The molecule has 3 rings (SSSR count). The van der Waals surface area contributed by atoms with Gasteiger partial charge in [-0.3, -0.25) is 0 Å². The van der Waals surface area contributed by atoms with Crippen molar-refractivity contribution in [3.63, 3.8) is 0 Å². The van der Waals surface area contributed by atoms with Gasteiger partial charge in [0.2, 0.25) is 0 Å². The lowest BCUT2D eigenvalue weighted by Crippen LogP contribution is -2.10. The fourth-order valence-corrected chi connectivity index (χ4v) is 3.47. The molecule has 2 aromatic carbocycles. The first-order chi connectivity index (χ1) is 11.0. The van der Waals surface area contributed by atoms with Gasteiger partial charge < -0.3 is 13.7 Å². The molecule has 5 nitrogen and oxygen atoms in total. The first-order valence-electron chi connectivity index (χ1n) is 6.75. The molecule has 0 N–H and O–H groups in total. The van der Waals surface area contributed by atoms with Crippen molar-refractivity contribution < 1.29 is 22.1 Å². The fourth-order valence-electron chi connectivity index (χ4n) is 2.01. The molecule has 1 aliphatic heterocycles. The Balaban J connectivity index is 1.92. The molecule has 0 fully saturated rings. The van der Waals surface area contributed by atoms with Gasteiger partial charge in [-0.05, 0) is 30.3 Å². The summed E-state index contributed by atoms with van der Waals surface area (Å²) >= 11 is 11.7. The van der Waals surface area contributed by atoms with Crippen LogP contribution in [-0.2, 0) is 10.1 Å². The second kappa shape index (κ2) is 6.47. The first-order valence-corrected chi connectivity index (χ1v) is 8.91. The van der Waals surface area contributed by atoms with Crippen LogP contribution in [0.4, 0.5) is 0 Å². The van der Waals surface area contributed by atoms with Crippen LogP contribution in [0.1, 0.15) is 6.42 Å². The van der Waals surface area contributed by atoms with Crippen LogP contribution in [0.2, 0.25) is 10.0 Å². The summed E-state index contributed by atoms with van der Waals surface area (Å²) in [5.74, 6) is 0.878. The largest absolute Gasteiger partial charge is 0.490 e. The molecule has 1 heterocycles. The molecule has 0 amide bonds. The van der Waals surface area contributed by atoms with E-state index < -0.39 is 10.1 Å². The lowest BCUT2D eigenvalue weighted by Gasteiger charge is -2.11. The molecule has 8 heteroatoms. The summed E-state index contributed by atoms with van der Waals surface area (Å²) in [6.45, 7) is 0.982. The molecule has 0 radical (unpaired) electrons. The van der Waals surface area contributed by atoms with E-state index in [0.717, 1.165) is 6.42 Å². The molecule has 0 aromatic heterocycles. The molecule has 2 aromatic rings. The standard InChI is InChI=1S/C15H12Cl2O5S/c16-10-2-4-13(12(17)8-10)22-23(18,19)11-3-5-14-15(9-11)21-7-1-6-20-14/h2-5,8-9H,1,6-7H2. The maximum atomic E-state index is 12.4. The number of benzene rings is 2. The fraction of sp³-hybridized carbons (Fsp3) is 0.200. The zero-order chi connectivity index (χ0) is 16.4. The summed E-state index contributed by atoms with van der Waals surface area (Å²) in [7, 11) is -4.06. The quantitative estimate of drug-likeness (QED) is 0.761. The SMILES string of the molecule is O=S(=O)(Oc1ccc(Cl)cc1Cl)c1ccc2c(c1)OCCCO2. The molecule has 0 unspecified atom stereocenters. The van der Waals surface area contributed by atoms with Crippen molar-refractivity contribution in [2.24, 2.45) is 0 Å². The maximum Gasteiger partial charge on any atom is 0.339 e. The number of hydrogen-bond acceptors (Lipinski definition) is 5. The van der Waals surface area contributed by atoms with Gasteiger partial charge in [0.15, 0.2) is 17.2 Å². The Morgan fingerprint density at radius 2 is 1.70 bits per heavy atom. The molecule has 0 saturated carbocycles. The van der Waals surface area contributed by atoms with Gasteiger partial charge in [-0.2, -0.15) is 8.42 Å². The molecule has 0 saturated heterocycles. The molecule has 0 aliphatic carbocycles. The summed E-state index contributed by atoms with van der Waals surface area (Å²) in [5, 5.41) is 0.491. The van der Waals surface area contributed by atoms with Crippen molar-refractivity contribution in [2.75, 3.05) is 13.2 Å². The third-order valence-electron chi connectivity index (χ3n) is 3.10. The highest BCUT2D eigenvalue weighted by atomic mass is 35.5. The lowest BCUT2D eigenvalue weighted by molar-refractivity contribution is 0.296. The van der Waals surface area contributed by atoms with E-state index in [1.807, 2.05) is 0 Å². The number of ether oxygens (including phenoxy) is 2. The summed E-state index contributed by atoms with van der Waals surface area (Å²) < 4.78 is 40.8. The van der Waals surface area contributed by atoms with Crippen molar-refractivity contribution in [1.82, 2.24) is 0 Å². The number of hydrogen-bond donors (Lipinski definition) is 0. The highest BCUT2D eigenvalue weighted by Gasteiger charge is 2.21. The molecule has 1 aliphatic rings. The van der Waals surface area contributed by atoms with Crippen molar-refractivity contribution in [3.05, 3.63) is 46.4 Å². The number of halogens is 2. The third-order valence-corrected chi connectivity index (χ3v) is 4.86. The molecule has 122 valence electrons. The Morgan fingerprint density at radius 1 is 0.957 bits per heavy atom. The van der Waals surface area contributed by atoms with Gasteiger partial charge in [0.25, 0.3) is 0 Å². The van der Waals surface area contributed by atoms with E-state index in [0.29, 0.717) is 29.7 Å². The Bertz CT molecular complexity index is 836. The summed E-state index contributed by atoms with van der Waals surface area (Å²) in [4.78, 5) is -0.0484. The van der Waals surface area contributed by atoms with E-state index in [1.165, 1.54) is 30.3 Å². The molecular weight excluding hydrogens is 363 g/mol. The Kier molecular flexibility index (Phi) is 4.57. The molecule has 0 bridgehead atoms. The molecular formula is C15H12Cl2O5S. The van der Waals surface area contributed by atoms with Gasteiger partial charge in [-0.15, -0.1) is 0 Å². The smallest absolute Gasteiger partial charge is 0.339 e. The van der Waals surface area contributed by atoms with Crippen LogP contribution in [0.3, 0.4) is 0 Å². The van der Waals surface area contributed by atoms with Gasteiger partial charge in [0.1, 0.15) is 4.90 Å². The highest BCUT2D eigenvalue weighted by Crippen LogP contribution is 2.34.